The maximum atomic E-state index is 3.65. The summed E-state index contributed by atoms with van der Waals surface area (Å²) >= 11 is 0. The Bertz CT molecular complexity index is 226. The Morgan fingerprint density at radius 3 is 1.94 bits per heavy atom. The number of nitrogens with one attached hydrogen (secondary N) is 1. The number of hydrogen-bond donors (Lipinski definition) is 1. The van der Waals surface area contributed by atoms with Gasteiger partial charge in [-0.3, -0.25) is 0 Å². The third-order valence-electron chi connectivity index (χ3n) is 4.14. The van der Waals surface area contributed by atoms with Crippen molar-refractivity contribution in [2.45, 2.75) is 77.7 Å². The van der Waals surface area contributed by atoms with Gasteiger partial charge in [-0.25, -0.2) is 0 Å². The molecule has 94 valence electrons. The van der Waals surface area contributed by atoms with E-state index in [0.29, 0.717) is 5.54 Å². The molecule has 0 aliphatic heterocycles. The van der Waals surface area contributed by atoms with Gasteiger partial charge in [-0.2, -0.15) is 0 Å². The van der Waals surface area contributed by atoms with E-state index in [4.69, 9.17) is 0 Å². The molecule has 0 aromatic carbocycles. The third kappa shape index (κ3) is 3.35. The van der Waals surface area contributed by atoms with Gasteiger partial charge in [-0.1, -0.05) is 50.7 Å². The van der Waals surface area contributed by atoms with E-state index in [0.717, 1.165) is 0 Å². The van der Waals surface area contributed by atoms with Crippen LogP contribution in [0.4, 0.5) is 0 Å². The smallest absolute Gasteiger partial charge is 0.0391 e. The maximum Gasteiger partial charge on any atom is 0.0391 e. The van der Waals surface area contributed by atoms with Gasteiger partial charge in [-0.15, -0.1) is 0 Å². The highest BCUT2D eigenvalue weighted by atomic mass is 14.9. The molecule has 0 radical (unpaired) electrons. The van der Waals surface area contributed by atoms with Crippen molar-refractivity contribution in [1.29, 1.82) is 0 Å². The maximum absolute atomic E-state index is 3.65. The summed E-state index contributed by atoms with van der Waals surface area (Å²) in [5.74, 6) is 0. The molecule has 0 amide bonds. The van der Waals surface area contributed by atoms with Crippen LogP contribution in [0.2, 0.25) is 0 Å². The summed E-state index contributed by atoms with van der Waals surface area (Å²) in [6.07, 6.45) is 10.6. The lowest BCUT2D eigenvalue weighted by Gasteiger charge is -2.35. The molecule has 0 saturated heterocycles. The second-order valence-corrected chi connectivity index (χ2v) is 5.27. The van der Waals surface area contributed by atoms with Gasteiger partial charge in [0, 0.05) is 5.54 Å². The van der Waals surface area contributed by atoms with Crippen LogP contribution in [-0.4, -0.2) is 12.6 Å². The van der Waals surface area contributed by atoms with Crippen molar-refractivity contribution in [1.82, 2.24) is 5.32 Å². The highest BCUT2D eigenvalue weighted by molar-refractivity contribution is 5.32. The fraction of sp³-hybridized carbons (Fsp3) is 0.867. The van der Waals surface area contributed by atoms with Gasteiger partial charge in [0.25, 0.3) is 0 Å². The molecule has 0 unspecified atom stereocenters. The molecule has 0 heterocycles. The first-order valence-electron chi connectivity index (χ1n) is 7.08. The monoisotopic (exact) mass is 223 g/mol. The summed E-state index contributed by atoms with van der Waals surface area (Å²) in [6, 6.07) is 0. The number of allylic oxidation sites excluding steroid dienone is 1. The van der Waals surface area contributed by atoms with Crippen LogP contribution < -0.4 is 5.32 Å². The van der Waals surface area contributed by atoms with E-state index in [1.165, 1.54) is 51.4 Å². The van der Waals surface area contributed by atoms with Crippen molar-refractivity contribution in [3.05, 3.63) is 11.1 Å². The Labute approximate surface area is 102 Å². The van der Waals surface area contributed by atoms with Crippen LogP contribution in [-0.2, 0) is 0 Å². The summed E-state index contributed by atoms with van der Waals surface area (Å²) in [6.45, 7) is 6.95. The first-order valence-corrected chi connectivity index (χ1v) is 7.08. The van der Waals surface area contributed by atoms with Crippen LogP contribution >= 0.6 is 0 Å². The molecule has 16 heavy (non-hydrogen) atoms. The SMILES string of the molecule is CCCCC(CCCC)(NC)C(C)=C1CC1. The molecule has 0 atom stereocenters. The van der Waals surface area contributed by atoms with E-state index in [2.05, 4.69) is 33.1 Å². The van der Waals surface area contributed by atoms with Crippen molar-refractivity contribution in [2.24, 2.45) is 0 Å². The number of rotatable bonds is 8. The number of likely N-dealkylation sites (N-methyl/N-ethyl adjacent to an activating group) is 1. The van der Waals surface area contributed by atoms with E-state index < -0.39 is 0 Å². The summed E-state index contributed by atoms with van der Waals surface area (Å²) < 4.78 is 0. The highest BCUT2D eigenvalue weighted by Crippen LogP contribution is 2.40. The molecular formula is C15H29N. The van der Waals surface area contributed by atoms with E-state index in [9.17, 15) is 0 Å². The molecule has 1 N–H and O–H groups in total. The zero-order valence-corrected chi connectivity index (χ0v) is 11.7. The van der Waals surface area contributed by atoms with Crippen molar-refractivity contribution < 1.29 is 0 Å². The van der Waals surface area contributed by atoms with Gasteiger partial charge in [-0.05, 0) is 39.7 Å². The normalized spacial score (nSPS) is 15.4. The lowest BCUT2D eigenvalue weighted by molar-refractivity contribution is 0.335. The first-order chi connectivity index (χ1) is 7.70. The molecule has 1 nitrogen and oxygen atoms in total. The predicted molar refractivity (Wildman–Crippen MR) is 72.8 cm³/mol. The van der Waals surface area contributed by atoms with E-state index in [1.54, 1.807) is 11.1 Å². The average Bonchev–Trinajstić information content (AvgIpc) is 3.13. The minimum absolute atomic E-state index is 0.317. The van der Waals surface area contributed by atoms with Crippen molar-refractivity contribution in [3.63, 3.8) is 0 Å². The molecule has 0 aromatic heterocycles. The van der Waals surface area contributed by atoms with Crippen molar-refractivity contribution in [2.75, 3.05) is 7.05 Å². The summed E-state index contributed by atoms with van der Waals surface area (Å²) in [7, 11) is 2.15. The lowest BCUT2D eigenvalue weighted by atomic mass is 9.80. The molecule has 1 aliphatic carbocycles. The largest absolute Gasteiger partial charge is 0.311 e. The Morgan fingerprint density at radius 2 is 1.62 bits per heavy atom. The van der Waals surface area contributed by atoms with E-state index in [1.807, 2.05) is 0 Å². The molecule has 1 fully saturated rings. The molecule has 0 bridgehead atoms. The van der Waals surface area contributed by atoms with Crippen LogP contribution in [0, 0.1) is 0 Å². The third-order valence-corrected chi connectivity index (χ3v) is 4.14. The molecule has 0 spiro atoms. The fourth-order valence-electron chi connectivity index (χ4n) is 2.67. The van der Waals surface area contributed by atoms with Crippen LogP contribution in [0.3, 0.4) is 0 Å². The van der Waals surface area contributed by atoms with E-state index >= 15 is 0 Å². The molecule has 1 saturated carbocycles. The van der Waals surface area contributed by atoms with Gasteiger partial charge < -0.3 is 5.32 Å². The van der Waals surface area contributed by atoms with Crippen LogP contribution in [0.1, 0.15) is 72.1 Å². The zero-order chi connectivity index (χ0) is 12.0. The average molecular weight is 223 g/mol. The predicted octanol–water partition coefficient (Wildman–Crippen LogP) is 4.44. The van der Waals surface area contributed by atoms with Crippen molar-refractivity contribution >= 4 is 0 Å². The molecule has 0 aromatic rings. The second-order valence-electron chi connectivity index (χ2n) is 5.27. The van der Waals surface area contributed by atoms with Crippen LogP contribution in [0.25, 0.3) is 0 Å². The van der Waals surface area contributed by atoms with Crippen molar-refractivity contribution in [3.8, 4) is 0 Å². The Kier molecular flexibility index (Phi) is 5.54. The minimum atomic E-state index is 0.317. The van der Waals surface area contributed by atoms with Crippen LogP contribution in [0.5, 0.6) is 0 Å². The summed E-state index contributed by atoms with van der Waals surface area (Å²) in [5, 5.41) is 3.65. The fourth-order valence-corrected chi connectivity index (χ4v) is 2.67. The Balaban J connectivity index is 2.74. The molecule has 1 heteroatoms. The first kappa shape index (κ1) is 13.8. The van der Waals surface area contributed by atoms with Gasteiger partial charge in [0.1, 0.15) is 0 Å². The van der Waals surface area contributed by atoms with Crippen LogP contribution in [0.15, 0.2) is 11.1 Å². The van der Waals surface area contributed by atoms with Gasteiger partial charge >= 0.3 is 0 Å². The lowest BCUT2D eigenvalue weighted by Crippen LogP contribution is -2.44. The quantitative estimate of drug-likeness (QED) is 0.600. The highest BCUT2D eigenvalue weighted by Gasteiger charge is 2.33. The number of unbranched alkanes of at least 4 members (excludes halogenated alkanes) is 2. The molecule has 1 aliphatic rings. The van der Waals surface area contributed by atoms with E-state index in [-0.39, 0.29) is 0 Å². The topological polar surface area (TPSA) is 12.0 Å². The van der Waals surface area contributed by atoms with Gasteiger partial charge in [0.05, 0.1) is 0 Å². The second kappa shape index (κ2) is 6.44. The summed E-state index contributed by atoms with van der Waals surface area (Å²) in [4.78, 5) is 0. The standard InChI is InChI=1S/C15H29N/c1-5-7-11-15(16-4,12-8-6-2)13(3)14-9-10-14/h16H,5-12H2,1-4H3. The number of hydrogen-bond acceptors (Lipinski definition) is 1. The molecular weight excluding hydrogens is 194 g/mol. The molecule has 1 rings (SSSR count). The van der Waals surface area contributed by atoms with Gasteiger partial charge in [0.2, 0.25) is 0 Å². The summed E-state index contributed by atoms with van der Waals surface area (Å²) in [5.41, 5.74) is 3.70. The van der Waals surface area contributed by atoms with Gasteiger partial charge in [0.15, 0.2) is 0 Å². The zero-order valence-electron chi connectivity index (χ0n) is 11.7. The minimum Gasteiger partial charge on any atom is -0.311 e. The Hall–Kier alpha value is -0.300. The Morgan fingerprint density at radius 1 is 1.12 bits per heavy atom.